The van der Waals surface area contributed by atoms with Gasteiger partial charge in [-0.05, 0) is 42.9 Å². The van der Waals surface area contributed by atoms with E-state index in [0.29, 0.717) is 12.3 Å². The van der Waals surface area contributed by atoms with Crippen LogP contribution < -0.4 is 5.32 Å². The zero-order valence-electron chi connectivity index (χ0n) is 11.2. The van der Waals surface area contributed by atoms with Crippen LogP contribution in [0, 0.1) is 5.92 Å². The van der Waals surface area contributed by atoms with Crippen LogP contribution in [0.3, 0.4) is 0 Å². The van der Waals surface area contributed by atoms with Gasteiger partial charge >= 0.3 is 0 Å². The Morgan fingerprint density at radius 1 is 1.28 bits per heavy atom. The molecule has 0 atom stereocenters. The van der Waals surface area contributed by atoms with E-state index in [0.717, 1.165) is 30.8 Å². The van der Waals surface area contributed by atoms with Crippen molar-refractivity contribution in [3.63, 3.8) is 0 Å². The number of halogens is 1. The van der Waals surface area contributed by atoms with Gasteiger partial charge in [0.15, 0.2) is 0 Å². The summed E-state index contributed by atoms with van der Waals surface area (Å²) in [6, 6.07) is 7.80. The molecule has 0 bridgehead atoms. The van der Waals surface area contributed by atoms with Gasteiger partial charge in [0.2, 0.25) is 5.91 Å². The van der Waals surface area contributed by atoms with E-state index in [1.54, 1.807) is 0 Å². The van der Waals surface area contributed by atoms with Crippen molar-refractivity contribution in [1.29, 1.82) is 0 Å². The lowest BCUT2D eigenvalue weighted by Crippen LogP contribution is -2.25. The molecule has 0 aliphatic heterocycles. The first kappa shape index (κ1) is 15.0. The summed E-state index contributed by atoms with van der Waals surface area (Å²) in [6.07, 6.45) is 3.45. The first-order valence-corrected chi connectivity index (χ1v) is 6.97. The molecule has 0 spiro atoms. The van der Waals surface area contributed by atoms with E-state index in [9.17, 15) is 4.79 Å². The van der Waals surface area contributed by atoms with Crippen LogP contribution in [0.5, 0.6) is 0 Å². The Balaban J connectivity index is 2.13. The second kappa shape index (κ2) is 8.15. The van der Waals surface area contributed by atoms with Crippen LogP contribution in [0.25, 0.3) is 0 Å². The zero-order valence-corrected chi connectivity index (χ0v) is 12.0. The van der Waals surface area contributed by atoms with E-state index in [1.165, 1.54) is 5.56 Å². The number of rotatable bonds is 7. The third-order valence-electron chi connectivity index (χ3n) is 2.83. The number of nitrogens with one attached hydrogen (secondary N) is 1. The summed E-state index contributed by atoms with van der Waals surface area (Å²) in [5, 5.41) is 3.70. The Hall–Kier alpha value is -1.02. The van der Waals surface area contributed by atoms with Crippen molar-refractivity contribution in [2.45, 2.75) is 39.5 Å². The fraction of sp³-hybridized carbons (Fsp3) is 0.533. The van der Waals surface area contributed by atoms with E-state index >= 15 is 0 Å². The highest BCUT2D eigenvalue weighted by Crippen LogP contribution is 2.11. The number of carbonyl (C=O) groups excluding carboxylic acids is 1. The van der Waals surface area contributed by atoms with Gasteiger partial charge in [0.1, 0.15) is 0 Å². The van der Waals surface area contributed by atoms with E-state index in [1.807, 2.05) is 24.3 Å². The van der Waals surface area contributed by atoms with Crippen molar-refractivity contribution in [1.82, 2.24) is 5.32 Å². The van der Waals surface area contributed by atoms with Crippen molar-refractivity contribution in [3.8, 4) is 0 Å². The molecule has 0 aliphatic rings. The van der Waals surface area contributed by atoms with Crippen molar-refractivity contribution in [3.05, 3.63) is 34.9 Å². The molecule has 3 heteroatoms. The number of carbonyl (C=O) groups is 1. The minimum Gasteiger partial charge on any atom is -0.356 e. The monoisotopic (exact) mass is 267 g/mol. The van der Waals surface area contributed by atoms with Crippen LogP contribution in [0.4, 0.5) is 0 Å². The number of benzene rings is 1. The minimum atomic E-state index is 0.157. The molecule has 1 amide bonds. The Labute approximate surface area is 115 Å². The van der Waals surface area contributed by atoms with Crippen LogP contribution in [0.2, 0.25) is 5.02 Å². The highest BCUT2D eigenvalue weighted by atomic mass is 35.5. The van der Waals surface area contributed by atoms with Crippen molar-refractivity contribution in [2.75, 3.05) is 6.54 Å². The second-order valence-corrected chi connectivity index (χ2v) is 5.45. The Kier molecular flexibility index (Phi) is 6.81. The average molecular weight is 268 g/mol. The summed E-state index contributed by atoms with van der Waals surface area (Å²) in [5.74, 6) is 0.795. The molecule has 100 valence electrons. The molecule has 0 radical (unpaired) electrons. The van der Waals surface area contributed by atoms with E-state index < -0.39 is 0 Å². The van der Waals surface area contributed by atoms with Gasteiger partial charge < -0.3 is 5.32 Å². The van der Waals surface area contributed by atoms with Crippen LogP contribution in [0.15, 0.2) is 24.3 Å². The fourth-order valence-corrected chi connectivity index (χ4v) is 1.82. The number of aryl methyl sites for hydroxylation is 1. The largest absolute Gasteiger partial charge is 0.356 e. The van der Waals surface area contributed by atoms with Gasteiger partial charge in [0, 0.05) is 18.0 Å². The molecule has 0 unspecified atom stereocenters. The van der Waals surface area contributed by atoms with Crippen LogP contribution in [0.1, 0.15) is 38.7 Å². The second-order valence-electron chi connectivity index (χ2n) is 5.01. The highest BCUT2D eigenvalue weighted by Gasteiger charge is 2.02. The summed E-state index contributed by atoms with van der Waals surface area (Å²) < 4.78 is 0. The Bertz CT molecular complexity index is 359. The SMILES string of the molecule is CC(C)CCNC(=O)CCCc1ccc(Cl)cc1. The molecule has 1 N–H and O–H groups in total. The fourth-order valence-electron chi connectivity index (χ4n) is 1.69. The van der Waals surface area contributed by atoms with Gasteiger partial charge in [-0.3, -0.25) is 4.79 Å². The van der Waals surface area contributed by atoms with Gasteiger partial charge in [-0.1, -0.05) is 37.6 Å². The van der Waals surface area contributed by atoms with Crippen LogP contribution >= 0.6 is 11.6 Å². The van der Waals surface area contributed by atoms with Crippen molar-refractivity contribution >= 4 is 17.5 Å². The Morgan fingerprint density at radius 2 is 1.94 bits per heavy atom. The predicted molar refractivity (Wildman–Crippen MR) is 76.9 cm³/mol. The third-order valence-corrected chi connectivity index (χ3v) is 3.08. The molecule has 0 fully saturated rings. The van der Waals surface area contributed by atoms with Gasteiger partial charge in [0.25, 0.3) is 0 Å². The topological polar surface area (TPSA) is 29.1 Å². The average Bonchev–Trinajstić information content (AvgIpc) is 2.31. The van der Waals surface area contributed by atoms with Crippen molar-refractivity contribution in [2.24, 2.45) is 5.92 Å². The predicted octanol–water partition coefficient (Wildman–Crippen LogP) is 3.83. The molecular formula is C15H22ClNO. The molecule has 2 nitrogen and oxygen atoms in total. The maximum atomic E-state index is 11.5. The standard InChI is InChI=1S/C15H22ClNO/c1-12(2)10-11-17-15(18)5-3-4-13-6-8-14(16)9-7-13/h6-9,12H,3-5,10-11H2,1-2H3,(H,17,18). The third kappa shape index (κ3) is 6.65. The highest BCUT2D eigenvalue weighted by molar-refractivity contribution is 6.30. The number of amides is 1. The molecule has 1 aromatic rings. The van der Waals surface area contributed by atoms with E-state index in [4.69, 9.17) is 11.6 Å². The molecule has 0 saturated heterocycles. The molecule has 1 aromatic carbocycles. The molecule has 0 heterocycles. The maximum absolute atomic E-state index is 11.5. The molecule has 0 saturated carbocycles. The summed E-state index contributed by atoms with van der Waals surface area (Å²) in [7, 11) is 0. The molecule has 0 aliphatic carbocycles. The maximum Gasteiger partial charge on any atom is 0.220 e. The number of hydrogen-bond donors (Lipinski definition) is 1. The minimum absolute atomic E-state index is 0.157. The van der Waals surface area contributed by atoms with Gasteiger partial charge in [-0.15, -0.1) is 0 Å². The zero-order chi connectivity index (χ0) is 13.4. The molecular weight excluding hydrogens is 246 g/mol. The quantitative estimate of drug-likeness (QED) is 0.799. The van der Waals surface area contributed by atoms with E-state index in [-0.39, 0.29) is 5.91 Å². The normalized spacial score (nSPS) is 10.7. The first-order valence-electron chi connectivity index (χ1n) is 6.59. The van der Waals surface area contributed by atoms with Gasteiger partial charge in [0.05, 0.1) is 0 Å². The van der Waals surface area contributed by atoms with Gasteiger partial charge in [-0.25, -0.2) is 0 Å². The summed E-state index contributed by atoms with van der Waals surface area (Å²) in [4.78, 5) is 11.5. The van der Waals surface area contributed by atoms with Crippen molar-refractivity contribution < 1.29 is 4.79 Å². The summed E-state index contributed by atoms with van der Waals surface area (Å²) in [5.41, 5.74) is 1.23. The van der Waals surface area contributed by atoms with Crippen LogP contribution in [-0.2, 0) is 11.2 Å². The summed E-state index contributed by atoms with van der Waals surface area (Å²) >= 11 is 5.81. The number of hydrogen-bond acceptors (Lipinski definition) is 1. The lowest BCUT2D eigenvalue weighted by atomic mass is 10.1. The molecule has 18 heavy (non-hydrogen) atoms. The summed E-state index contributed by atoms with van der Waals surface area (Å²) in [6.45, 7) is 5.11. The molecule has 0 aromatic heterocycles. The van der Waals surface area contributed by atoms with Crippen LogP contribution in [-0.4, -0.2) is 12.5 Å². The first-order chi connectivity index (χ1) is 8.58. The smallest absolute Gasteiger partial charge is 0.220 e. The lowest BCUT2D eigenvalue weighted by molar-refractivity contribution is -0.121. The Morgan fingerprint density at radius 3 is 2.56 bits per heavy atom. The molecule has 1 rings (SSSR count). The lowest BCUT2D eigenvalue weighted by Gasteiger charge is -2.07. The van der Waals surface area contributed by atoms with E-state index in [2.05, 4.69) is 19.2 Å². The van der Waals surface area contributed by atoms with Gasteiger partial charge in [-0.2, -0.15) is 0 Å².